The molecule has 144 valence electrons. The van der Waals surface area contributed by atoms with E-state index >= 15 is 0 Å². The standard InChI is InChI=1S/C19H13Br2ClN2O4/c1-9-3-4-11(8-15(9)22)24-18(26)12(17(25)23-19(24)27)5-10-6-13(20)16(28-2)14(21)7-10/h3-8H,1-2H3,(H,23,25,27)/b12-5-. The van der Waals surface area contributed by atoms with Crippen LogP contribution < -0.4 is 15.0 Å². The topological polar surface area (TPSA) is 75.7 Å². The zero-order valence-corrected chi connectivity index (χ0v) is 18.6. The summed E-state index contributed by atoms with van der Waals surface area (Å²) in [7, 11) is 1.53. The minimum atomic E-state index is -0.829. The molecule has 4 amide bonds. The summed E-state index contributed by atoms with van der Waals surface area (Å²) in [6.45, 7) is 1.80. The van der Waals surface area contributed by atoms with Gasteiger partial charge in [-0.2, -0.15) is 0 Å². The number of imide groups is 2. The molecule has 2 aromatic rings. The average molecular weight is 529 g/mol. The molecule has 0 bridgehead atoms. The van der Waals surface area contributed by atoms with Gasteiger partial charge in [-0.25, -0.2) is 9.69 Å². The van der Waals surface area contributed by atoms with Crippen molar-refractivity contribution < 1.29 is 19.1 Å². The lowest BCUT2D eigenvalue weighted by atomic mass is 10.1. The summed E-state index contributed by atoms with van der Waals surface area (Å²) < 4.78 is 6.52. The van der Waals surface area contributed by atoms with Gasteiger partial charge in [0.2, 0.25) is 0 Å². The number of carbonyl (C=O) groups is 3. The van der Waals surface area contributed by atoms with Gasteiger partial charge < -0.3 is 4.74 Å². The third-order valence-electron chi connectivity index (χ3n) is 4.05. The maximum Gasteiger partial charge on any atom is 0.335 e. The molecule has 3 rings (SSSR count). The van der Waals surface area contributed by atoms with Crippen LogP contribution in [0.25, 0.3) is 6.08 Å². The molecule has 1 fully saturated rings. The normalized spacial score (nSPS) is 15.8. The van der Waals surface area contributed by atoms with Gasteiger partial charge in [0.15, 0.2) is 0 Å². The maximum atomic E-state index is 12.9. The van der Waals surface area contributed by atoms with Crippen LogP contribution in [0.3, 0.4) is 0 Å². The third-order valence-corrected chi connectivity index (χ3v) is 5.64. The summed E-state index contributed by atoms with van der Waals surface area (Å²) in [5.74, 6) is -0.933. The second-order valence-corrected chi connectivity index (χ2v) is 8.03. The number of benzene rings is 2. The predicted octanol–water partition coefficient (Wildman–Crippen LogP) is 4.85. The largest absolute Gasteiger partial charge is 0.494 e. The molecule has 0 aliphatic carbocycles. The quantitative estimate of drug-likeness (QED) is 0.457. The van der Waals surface area contributed by atoms with E-state index in [0.717, 1.165) is 10.5 Å². The number of anilines is 1. The van der Waals surface area contributed by atoms with Crippen LogP contribution >= 0.6 is 43.5 Å². The molecular weight excluding hydrogens is 515 g/mol. The van der Waals surface area contributed by atoms with Crippen molar-refractivity contribution >= 4 is 73.1 Å². The zero-order valence-electron chi connectivity index (χ0n) is 14.7. The van der Waals surface area contributed by atoms with Gasteiger partial charge in [-0.1, -0.05) is 17.7 Å². The molecule has 28 heavy (non-hydrogen) atoms. The number of ether oxygens (including phenoxy) is 1. The molecule has 1 saturated heterocycles. The number of carbonyl (C=O) groups excluding carboxylic acids is 3. The summed E-state index contributed by atoms with van der Waals surface area (Å²) in [5.41, 5.74) is 1.46. The van der Waals surface area contributed by atoms with Crippen molar-refractivity contribution in [2.45, 2.75) is 6.92 Å². The number of nitrogens with zero attached hydrogens (tertiary/aromatic N) is 1. The predicted molar refractivity (Wildman–Crippen MR) is 114 cm³/mol. The van der Waals surface area contributed by atoms with Gasteiger partial charge in [0.1, 0.15) is 11.3 Å². The highest BCUT2D eigenvalue weighted by Crippen LogP contribution is 2.35. The van der Waals surface area contributed by atoms with Gasteiger partial charge in [-0.3, -0.25) is 14.9 Å². The minimum Gasteiger partial charge on any atom is -0.494 e. The molecule has 1 aliphatic heterocycles. The van der Waals surface area contributed by atoms with Gasteiger partial charge in [-0.15, -0.1) is 0 Å². The summed E-state index contributed by atoms with van der Waals surface area (Å²) in [5, 5.41) is 2.59. The van der Waals surface area contributed by atoms with Crippen LogP contribution in [0.5, 0.6) is 5.75 Å². The van der Waals surface area contributed by atoms with Crippen molar-refractivity contribution in [3.8, 4) is 5.75 Å². The Kier molecular flexibility index (Phi) is 5.92. The van der Waals surface area contributed by atoms with Crippen molar-refractivity contribution in [3.05, 3.63) is 61.0 Å². The maximum absolute atomic E-state index is 12.9. The lowest BCUT2D eigenvalue weighted by Gasteiger charge is -2.26. The number of aryl methyl sites for hydroxylation is 1. The molecule has 0 unspecified atom stereocenters. The van der Waals surface area contributed by atoms with E-state index in [9.17, 15) is 14.4 Å². The molecule has 0 aromatic heterocycles. The molecular formula is C19H13Br2ClN2O4. The van der Waals surface area contributed by atoms with Crippen LogP contribution in [0.4, 0.5) is 10.5 Å². The molecule has 1 heterocycles. The van der Waals surface area contributed by atoms with Crippen molar-refractivity contribution in [1.29, 1.82) is 0 Å². The molecule has 9 heteroatoms. The zero-order chi connectivity index (χ0) is 20.6. The van der Waals surface area contributed by atoms with E-state index in [1.54, 1.807) is 31.2 Å². The summed E-state index contributed by atoms with van der Waals surface area (Å²) in [6.07, 6.45) is 1.40. The molecule has 0 radical (unpaired) electrons. The number of nitrogens with one attached hydrogen (secondary N) is 1. The van der Waals surface area contributed by atoms with Gasteiger partial charge in [0, 0.05) is 5.02 Å². The highest BCUT2D eigenvalue weighted by molar-refractivity contribution is 9.11. The number of halogens is 3. The Hall–Kier alpha value is -2.16. The molecule has 0 saturated carbocycles. The molecule has 1 N–H and O–H groups in total. The van der Waals surface area contributed by atoms with Crippen molar-refractivity contribution in [2.24, 2.45) is 0 Å². The van der Waals surface area contributed by atoms with Crippen LogP contribution in [-0.4, -0.2) is 25.0 Å². The second kappa shape index (κ2) is 8.06. The Morgan fingerprint density at radius 3 is 2.32 bits per heavy atom. The highest BCUT2D eigenvalue weighted by atomic mass is 79.9. The lowest BCUT2D eigenvalue weighted by Crippen LogP contribution is -2.54. The Morgan fingerprint density at radius 2 is 1.75 bits per heavy atom. The number of hydrogen-bond acceptors (Lipinski definition) is 4. The van der Waals surface area contributed by atoms with E-state index in [-0.39, 0.29) is 11.3 Å². The number of urea groups is 1. The first kappa shape index (κ1) is 20.6. The summed E-state index contributed by atoms with van der Waals surface area (Å²) in [6, 6.07) is 7.34. The van der Waals surface area contributed by atoms with E-state index < -0.39 is 17.8 Å². The first-order valence-corrected chi connectivity index (χ1v) is 9.90. The van der Waals surface area contributed by atoms with Crippen LogP contribution in [0, 0.1) is 6.92 Å². The Bertz CT molecular complexity index is 1030. The van der Waals surface area contributed by atoms with E-state index in [1.165, 1.54) is 19.3 Å². The van der Waals surface area contributed by atoms with Crippen molar-refractivity contribution in [1.82, 2.24) is 5.32 Å². The third kappa shape index (κ3) is 3.85. The fraction of sp³-hybridized carbons (Fsp3) is 0.105. The fourth-order valence-electron chi connectivity index (χ4n) is 2.64. The van der Waals surface area contributed by atoms with Crippen LogP contribution in [0.2, 0.25) is 5.02 Å². The second-order valence-electron chi connectivity index (χ2n) is 5.91. The van der Waals surface area contributed by atoms with Gasteiger partial charge in [0.25, 0.3) is 11.8 Å². The smallest absolute Gasteiger partial charge is 0.335 e. The first-order chi connectivity index (χ1) is 13.2. The van der Waals surface area contributed by atoms with E-state index in [4.69, 9.17) is 16.3 Å². The van der Waals surface area contributed by atoms with Gasteiger partial charge in [0.05, 0.1) is 21.7 Å². The molecule has 2 aromatic carbocycles. The van der Waals surface area contributed by atoms with Crippen LogP contribution in [-0.2, 0) is 9.59 Å². The van der Waals surface area contributed by atoms with Gasteiger partial charge in [-0.05, 0) is 80.3 Å². The minimum absolute atomic E-state index is 0.180. The van der Waals surface area contributed by atoms with Crippen LogP contribution in [0.1, 0.15) is 11.1 Å². The van der Waals surface area contributed by atoms with Crippen molar-refractivity contribution in [3.63, 3.8) is 0 Å². The van der Waals surface area contributed by atoms with Gasteiger partial charge >= 0.3 is 6.03 Å². The first-order valence-electron chi connectivity index (χ1n) is 7.93. The monoisotopic (exact) mass is 526 g/mol. The Balaban J connectivity index is 2.05. The number of methoxy groups -OCH3 is 1. The lowest BCUT2D eigenvalue weighted by molar-refractivity contribution is -0.122. The summed E-state index contributed by atoms with van der Waals surface area (Å²) >= 11 is 12.9. The number of barbiturate groups is 1. The SMILES string of the molecule is COc1c(Br)cc(/C=C2/C(=O)NC(=O)N(c3ccc(C)c(Cl)c3)C2=O)cc1Br. The van der Waals surface area contributed by atoms with E-state index in [0.29, 0.717) is 25.3 Å². The number of hydrogen-bond donors (Lipinski definition) is 1. The van der Waals surface area contributed by atoms with E-state index in [1.807, 2.05) is 0 Å². The Morgan fingerprint density at radius 1 is 1.11 bits per heavy atom. The number of rotatable bonds is 3. The fourth-order valence-corrected chi connectivity index (χ4v) is 4.36. The molecule has 0 spiro atoms. The highest BCUT2D eigenvalue weighted by Gasteiger charge is 2.37. The van der Waals surface area contributed by atoms with Crippen molar-refractivity contribution in [2.75, 3.05) is 12.0 Å². The van der Waals surface area contributed by atoms with E-state index in [2.05, 4.69) is 37.2 Å². The average Bonchev–Trinajstić information content (AvgIpc) is 2.61. The van der Waals surface area contributed by atoms with Crippen LogP contribution in [0.15, 0.2) is 44.9 Å². The number of amides is 4. The Labute approximate surface area is 182 Å². The molecule has 0 atom stereocenters. The molecule has 1 aliphatic rings. The molecule has 6 nitrogen and oxygen atoms in total. The summed E-state index contributed by atoms with van der Waals surface area (Å²) in [4.78, 5) is 38.4.